The number of rotatable bonds is 6. The standard InChI is InChI=1S/C60H42N2/c1-5-21-47(22-6-1)61(48-23-7-2-8-24-48)51-37-39-53-45(41-51)35-33-43-19-13-14-20-44(43)34-36-46-42-52(62(49-25-9-3-10-26-49)50-27-11-4-12-28-50)38-40-54(46)60-57-31-17-15-29-55(57)59(53)56-30-16-18-32-58(56)60/h1-42H. The molecule has 0 unspecified atom stereocenters. The predicted octanol–water partition coefficient (Wildman–Crippen LogP) is 17.2. The zero-order chi connectivity index (χ0) is 41.2. The quantitative estimate of drug-likeness (QED) is 0.155. The van der Waals surface area contributed by atoms with Gasteiger partial charge in [-0.15, -0.1) is 0 Å². The Morgan fingerprint density at radius 3 is 0.774 bits per heavy atom. The second kappa shape index (κ2) is 16.1. The van der Waals surface area contributed by atoms with Crippen LogP contribution in [0.3, 0.4) is 0 Å². The molecule has 2 heteroatoms. The number of fused-ring (bicyclic) bond motifs is 2. The first-order valence-corrected chi connectivity index (χ1v) is 21.3. The highest BCUT2D eigenvalue weighted by Crippen LogP contribution is 2.43. The van der Waals surface area contributed by atoms with Gasteiger partial charge in [-0.1, -0.05) is 182 Å². The average molecular weight is 791 g/mol. The maximum Gasteiger partial charge on any atom is 0.0468 e. The maximum atomic E-state index is 2.36. The molecule has 0 saturated heterocycles. The fraction of sp³-hybridized carbons (Fsp3) is 0. The maximum absolute atomic E-state index is 2.36. The molecule has 0 amide bonds. The molecule has 0 heterocycles. The lowest BCUT2D eigenvalue weighted by Gasteiger charge is -2.26. The lowest BCUT2D eigenvalue weighted by molar-refractivity contribution is 1.29. The highest BCUT2D eigenvalue weighted by molar-refractivity contribution is 6.34. The summed E-state index contributed by atoms with van der Waals surface area (Å²) in [6, 6.07) is 92.4. The summed E-state index contributed by atoms with van der Waals surface area (Å²) in [5, 5.41) is 14.3. The highest BCUT2D eigenvalue weighted by atomic mass is 15.1. The molecule has 0 fully saturated rings. The monoisotopic (exact) mass is 790 g/mol. The van der Waals surface area contributed by atoms with Gasteiger partial charge in [0.2, 0.25) is 0 Å². The largest absolute Gasteiger partial charge is 0.310 e. The van der Waals surface area contributed by atoms with E-state index in [1.807, 2.05) is 0 Å². The van der Waals surface area contributed by atoms with Gasteiger partial charge in [0.25, 0.3) is 0 Å². The van der Waals surface area contributed by atoms with Crippen LogP contribution in [0.25, 0.3) is 64.6 Å². The third-order valence-electron chi connectivity index (χ3n) is 12.0. The molecule has 2 bridgehead atoms. The Morgan fingerprint density at radius 1 is 0.177 bits per heavy atom. The van der Waals surface area contributed by atoms with Crippen LogP contribution >= 0.6 is 0 Å². The Morgan fingerprint density at radius 2 is 0.452 bits per heavy atom. The molecule has 62 heavy (non-hydrogen) atoms. The summed E-state index contributed by atoms with van der Waals surface area (Å²) >= 11 is 0. The third kappa shape index (κ3) is 6.74. The van der Waals surface area contributed by atoms with E-state index in [2.05, 4.69) is 265 Å². The molecule has 12 aromatic rings. The Labute approximate surface area is 361 Å². The zero-order valence-electron chi connectivity index (χ0n) is 34.1. The van der Waals surface area contributed by atoms with Gasteiger partial charge in [0.15, 0.2) is 0 Å². The Kier molecular flexibility index (Phi) is 9.57. The molecule has 0 aliphatic rings. The van der Waals surface area contributed by atoms with Gasteiger partial charge in [0.05, 0.1) is 0 Å². The van der Waals surface area contributed by atoms with Gasteiger partial charge in [0, 0.05) is 34.1 Å². The molecule has 0 radical (unpaired) electrons. The van der Waals surface area contributed by atoms with Gasteiger partial charge in [-0.2, -0.15) is 0 Å². The Bertz CT molecular complexity index is 3140. The van der Waals surface area contributed by atoms with Crippen LogP contribution in [0.1, 0.15) is 0 Å². The molecule has 0 aliphatic heterocycles. The van der Waals surface area contributed by atoms with E-state index in [9.17, 15) is 0 Å². The van der Waals surface area contributed by atoms with Crippen LogP contribution in [0.5, 0.6) is 0 Å². The van der Waals surface area contributed by atoms with Crippen molar-refractivity contribution in [2.24, 2.45) is 0 Å². The summed E-state index contributed by atoms with van der Waals surface area (Å²) in [5.41, 5.74) is 6.62. The Balaban J connectivity index is 1.28. The van der Waals surface area contributed by atoms with Crippen molar-refractivity contribution in [3.63, 3.8) is 0 Å². The molecule has 12 aromatic carbocycles. The smallest absolute Gasteiger partial charge is 0.0468 e. The van der Waals surface area contributed by atoms with E-state index in [0.717, 1.165) is 55.7 Å². The van der Waals surface area contributed by atoms with Gasteiger partial charge in [-0.3, -0.25) is 0 Å². The molecule has 0 aliphatic carbocycles. The second-order valence-corrected chi connectivity index (χ2v) is 15.7. The summed E-state index contributed by atoms with van der Waals surface area (Å²) < 4.78 is 0. The highest BCUT2D eigenvalue weighted by Gasteiger charge is 2.17. The van der Waals surface area contributed by atoms with Crippen LogP contribution < -0.4 is 9.80 Å². The minimum atomic E-state index is 1.09. The van der Waals surface area contributed by atoms with Gasteiger partial charge in [0.1, 0.15) is 0 Å². The minimum Gasteiger partial charge on any atom is -0.310 e. The number of hydrogen-bond acceptors (Lipinski definition) is 2. The van der Waals surface area contributed by atoms with Crippen LogP contribution in [0, 0.1) is 0 Å². The fourth-order valence-corrected chi connectivity index (χ4v) is 9.19. The molecule has 0 saturated carbocycles. The number of anilines is 6. The zero-order valence-corrected chi connectivity index (χ0v) is 34.1. The van der Waals surface area contributed by atoms with E-state index < -0.39 is 0 Å². The summed E-state index contributed by atoms with van der Waals surface area (Å²) in [6.45, 7) is 0. The molecular weight excluding hydrogens is 749 g/mol. The van der Waals surface area contributed by atoms with E-state index in [1.54, 1.807) is 0 Å². The molecule has 0 atom stereocenters. The van der Waals surface area contributed by atoms with E-state index in [-0.39, 0.29) is 0 Å². The van der Waals surface area contributed by atoms with Gasteiger partial charge >= 0.3 is 0 Å². The molecule has 0 spiro atoms. The van der Waals surface area contributed by atoms with E-state index >= 15 is 0 Å². The van der Waals surface area contributed by atoms with E-state index in [1.165, 1.54) is 43.1 Å². The van der Waals surface area contributed by atoms with Crippen molar-refractivity contribution in [1.29, 1.82) is 0 Å². The first kappa shape index (κ1) is 36.8. The minimum absolute atomic E-state index is 1.09. The van der Waals surface area contributed by atoms with Crippen LogP contribution in [0.2, 0.25) is 0 Å². The first-order valence-electron chi connectivity index (χ1n) is 21.3. The summed E-state index contributed by atoms with van der Waals surface area (Å²) in [7, 11) is 0. The third-order valence-corrected chi connectivity index (χ3v) is 12.0. The molecule has 0 N–H and O–H groups in total. The van der Waals surface area contributed by atoms with Crippen molar-refractivity contribution in [3.8, 4) is 0 Å². The van der Waals surface area contributed by atoms with Gasteiger partial charge in [-0.25, -0.2) is 0 Å². The van der Waals surface area contributed by atoms with Gasteiger partial charge < -0.3 is 9.80 Å². The lowest BCUT2D eigenvalue weighted by Crippen LogP contribution is -2.09. The molecular formula is C60H42N2. The lowest BCUT2D eigenvalue weighted by atomic mass is 9.90. The SMILES string of the molecule is c1ccc(N(c2ccccc2)c2ccc3c(ccc4ccccc4ccc4cc(N(c5ccccc5)c5ccccc5)ccc4c4c5ccccc5c3c3ccccc34)c2)cc1. The number of benzene rings is 10. The van der Waals surface area contributed by atoms with E-state index in [4.69, 9.17) is 0 Å². The summed E-state index contributed by atoms with van der Waals surface area (Å²) in [5.74, 6) is 0. The average Bonchev–Trinajstić information content (AvgIpc) is 3.34. The van der Waals surface area contributed by atoms with Crippen molar-refractivity contribution in [2.45, 2.75) is 0 Å². The molecule has 2 nitrogen and oxygen atoms in total. The molecule has 292 valence electrons. The molecule has 12 rings (SSSR count). The number of nitrogens with zero attached hydrogens (tertiary/aromatic N) is 2. The van der Waals surface area contributed by atoms with Crippen molar-refractivity contribution < 1.29 is 0 Å². The molecule has 0 aromatic heterocycles. The van der Waals surface area contributed by atoms with Crippen LogP contribution in [-0.4, -0.2) is 0 Å². The van der Waals surface area contributed by atoms with Crippen molar-refractivity contribution in [3.05, 3.63) is 255 Å². The van der Waals surface area contributed by atoms with Crippen LogP contribution in [-0.2, 0) is 0 Å². The van der Waals surface area contributed by atoms with E-state index in [0.29, 0.717) is 0 Å². The first-order chi connectivity index (χ1) is 30.8. The van der Waals surface area contributed by atoms with Crippen LogP contribution in [0.4, 0.5) is 34.1 Å². The number of hydrogen-bond donors (Lipinski definition) is 0. The predicted molar refractivity (Wildman–Crippen MR) is 267 cm³/mol. The van der Waals surface area contributed by atoms with Gasteiger partial charge in [-0.05, 0) is 137 Å². The van der Waals surface area contributed by atoms with Crippen LogP contribution in [0.15, 0.2) is 255 Å². The number of para-hydroxylation sites is 4. The topological polar surface area (TPSA) is 6.48 Å². The second-order valence-electron chi connectivity index (χ2n) is 15.7. The van der Waals surface area contributed by atoms with Crippen molar-refractivity contribution in [1.82, 2.24) is 0 Å². The summed E-state index contributed by atoms with van der Waals surface area (Å²) in [6.07, 6.45) is 0. The van der Waals surface area contributed by atoms with Crippen molar-refractivity contribution in [2.75, 3.05) is 9.80 Å². The fourth-order valence-electron chi connectivity index (χ4n) is 9.19. The van der Waals surface area contributed by atoms with Crippen molar-refractivity contribution >= 4 is 98.8 Å². The summed E-state index contributed by atoms with van der Waals surface area (Å²) in [4.78, 5) is 4.69. The Hall–Kier alpha value is -8.20. The normalized spacial score (nSPS) is 11.2.